The lowest BCUT2D eigenvalue weighted by Gasteiger charge is -2.26. The molecule has 0 radical (unpaired) electrons. The van der Waals surface area contributed by atoms with E-state index >= 15 is 0 Å². The van der Waals surface area contributed by atoms with Gasteiger partial charge in [0.15, 0.2) is 0 Å². The highest BCUT2D eigenvalue weighted by molar-refractivity contribution is 6.30. The van der Waals surface area contributed by atoms with Crippen molar-refractivity contribution in [1.82, 2.24) is 9.97 Å². The maximum absolute atomic E-state index is 5.73. The third kappa shape index (κ3) is 1.26. The van der Waals surface area contributed by atoms with E-state index in [4.69, 9.17) is 16.3 Å². The third-order valence-corrected chi connectivity index (χ3v) is 2.96. The number of nitrogens with zero attached hydrogens (tertiary/aromatic N) is 3. The molecule has 5 heteroatoms. The largest absolute Gasteiger partial charge is 0.374 e. The fourth-order valence-corrected chi connectivity index (χ4v) is 2.20. The average Bonchev–Trinajstić information content (AvgIpc) is 2.80. The second-order valence-corrected chi connectivity index (χ2v) is 4.13. The van der Waals surface area contributed by atoms with E-state index in [0.29, 0.717) is 17.2 Å². The number of rotatable bonds is 1. The summed E-state index contributed by atoms with van der Waals surface area (Å²) >= 11 is 5.73. The van der Waals surface area contributed by atoms with E-state index in [1.165, 1.54) is 0 Å². The van der Waals surface area contributed by atoms with Crippen LogP contribution in [0.25, 0.3) is 0 Å². The zero-order valence-electron chi connectivity index (χ0n) is 7.56. The van der Waals surface area contributed by atoms with Gasteiger partial charge in [0.05, 0.1) is 36.2 Å². The van der Waals surface area contributed by atoms with Gasteiger partial charge in [-0.15, -0.1) is 0 Å². The highest BCUT2D eigenvalue weighted by Gasteiger charge is 2.40. The number of hydrogen-bond acceptors (Lipinski definition) is 4. The first-order valence-electron chi connectivity index (χ1n) is 4.69. The molecule has 2 fully saturated rings. The Morgan fingerprint density at radius 2 is 2.21 bits per heavy atom. The van der Waals surface area contributed by atoms with E-state index in [1.54, 1.807) is 12.4 Å². The van der Waals surface area contributed by atoms with Crippen LogP contribution in [-0.2, 0) is 4.74 Å². The van der Waals surface area contributed by atoms with Crippen molar-refractivity contribution >= 4 is 17.5 Å². The molecule has 2 bridgehead atoms. The first-order chi connectivity index (χ1) is 6.83. The molecule has 0 aromatic carbocycles. The van der Waals surface area contributed by atoms with Crippen molar-refractivity contribution in [2.45, 2.75) is 18.6 Å². The summed E-state index contributed by atoms with van der Waals surface area (Å²) < 4.78 is 5.50. The number of hydrogen-bond donors (Lipinski definition) is 0. The molecular formula is C9H10ClN3O. The number of fused-ring (bicyclic) bond motifs is 2. The lowest BCUT2D eigenvalue weighted by Crippen LogP contribution is -2.37. The molecule has 2 atom stereocenters. The molecule has 0 amide bonds. The van der Waals surface area contributed by atoms with Crippen molar-refractivity contribution in [2.75, 3.05) is 18.1 Å². The molecule has 0 spiro atoms. The molecule has 4 nitrogen and oxygen atoms in total. The Morgan fingerprint density at radius 3 is 2.79 bits per heavy atom. The molecule has 2 saturated heterocycles. The first kappa shape index (κ1) is 8.44. The van der Waals surface area contributed by atoms with Crippen LogP contribution in [0.1, 0.15) is 6.42 Å². The van der Waals surface area contributed by atoms with Gasteiger partial charge in [-0.05, 0) is 6.42 Å². The summed E-state index contributed by atoms with van der Waals surface area (Å²) in [5.41, 5.74) is 0. The third-order valence-electron chi connectivity index (χ3n) is 2.76. The fourth-order valence-electron chi connectivity index (χ4n) is 2.10. The van der Waals surface area contributed by atoms with E-state index in [9.17, 15) is 0 Å². The van der Waals surface area contributed by atoms with E-state index < -0.39 is 0 Å². The van der Waals surface area contributed by atoms with E-state index in [2.05, 4.69) is 14.9 Å². The molecule has 14 heavy (non-hydrogen) atoms. The summed E-state index contributed by atoms with van der Waals surface area (Å²) in [5, 5.41) is 0.578. The molecule has 2 aliphatic rings. The average molecular weight is 212 g/mol. The van der Waals surface area contributed by atoms with Crippen LogP contribution in [0.2, 0.25) is 5.02 Å². The normalized spacial score (nSPS) is 29.9. The van der Waals surface area contributed by atoms with Crippen molar-refractivity contribution in [3.05, 3.63) is 17.4 Å². The number of ether oxygens (including phenoxy) is 1. The van der Waals surface area contributed by atoms with Crippen LogP contribution in [0.3, 0.4) is 0 Å². The lowest BCUT2D eigenvalue weighted by atomic mass is 10.2. The van der Waals surface area contributed by atoms with Crippen LogP contribution in [0, 0.1) is 0 Å². The summed E-state index contributed by atoms with van der Waals surface area (Å²) in [6.45, 7) is 1.71. The molecule has 3 rings (SSSR count). The maximum atomic E-state index is 5.73. The standard InChI is InChI=1S/C9H10ClN3O/c10-6-2-11-9(12-3-6)13-4-8-1-7(13)5-14-8/h2-3,7-8H,1,4-5H2/t7-,8+/m0/s1. The fraction of sp³-hybridized carbons (Fsp3) is 0.556. The van der Waals surface area contributed by atoms with Crippen molar-refractivity contribution in [1.29, 1.82) is 0 Å². The molecule has 3 heterocycles. The summed E-state index contributed by atoms with van der Waals surface area (Å²) in [7, 11) is 0. The monoisotopic (exact) mass is 211 g/mol. The highest BCUT2D eigenvalue weighted by atomic mass is 35.5. The number of aromatic nitrogens is 2. The Kier molecular flexibility index (Phi) is 1.85. The van der Waals surface area contributed by atoms with Gasteiger partial charge in [0.1, 0.15) is 0 Å². The van der Waals surface area contributed by atoms with E-state index in [1.807, 2.05) is 0 Å². The van der Waals surface area contributed by atoms with Crippen molar-refractivity contribution in [3.8, 4) is 0 Å². The Bertz CT molecular complexity index is 342. The highest BCUT2D eigenvalue weighted by Crippen LogP contribution is 2.30. The molecule has 74 valence electrons. The Morgan fingerprint density at radius 1 is 1.43 bits per heavy atom. The van der Waals surface area contributed by atoms with E-state index in [-0.39, 0.29) is 0 Å². The topological polar surface area (TPSA) is 38.2 Å². The second kappa shape index (κ2) is 3.07. The van der Waals surface area contributed by atoms with Crippen LogP contribution in [-0.4, -0.2) is 35.3 Å². The summed E-state index contributed by atoms with van der Waals surface area (Å²) in [6, 6.07) is 0.459. The van der Waals surface area contributed by atoms with Crippen LogP contribution in [0.5, 0.6) is 0 Å². The van der Waals surface area contributed by atoms with Gasteiger partial charge in [0.2, 0.25) is 5.95 Å². The second-order valence-electron chi connectivity index (χ2n) is 3.70. The lowest BCUT2D eigenvalue weighted by molar-refractivity contribution is 0.0986. The van der Waals surface area contributed by atoms with Crippen LogP contribution < -0.4 is 4.90 Å². The maximum Gasteiger partial charge on any atom is 0.225 e. The SMILES string of the molecule is Clc1cnc(N2C[C@H]3C[C@H]2CO3)nc1. The van der Waals surface area contributed by atoms with E-state index in [0.717, 1.165) is 25.5 Å². The van der Waals surface area contributed by atoms with Crippen molar-refractivity contribution in [3.63, 3.8) is 0 Å². The van der Waals surface area contributed by atoms with Gasteiger partial charge in [0, 0.05) is 6.54 Å². The Balaban J connectivity index is 1.86. The predicted molar refractivity (Wildman–Crippen MR) is 52.5 cm³/mol. The molecule has 0 saturated carbocycles. The molecule has 0 aliphatic carbocycles. The molecule has 0 unspecified atom stereocenters. The van der Waals surface area contributed by atoms with Gasteiger partial charge in [-0.25, -0.2) is 9.97 Å². The minimum absolute atomic E-state index is 0.374. The van der Waals surface area contributed by atoms with Gasteiger partial charge >= 0.3 is 0 Å². The molecule has 0 N–H and O–H groups in total. The van der Waals surface area contributed by atoms with Crippen molar-refractivity contribution < 1.29 is 4.74 Å². The van der Waals surface area contributed by atoms with Gasteiger partial charge in [-0.3, -0.25) is 0 Å². The summed E-state index contributed by atoms with van der Waals surface area (Å²) in [5.74, 6) is 0.769. The zero-order valence-corrected chi connectivity index (χ0v) is 8.31. The van der Waals surface area contributed by atoms with Crippen LogP contribution in [0.15, 0.2) is 12.4 Å². The number of morpholine rings is 1. The van der Waals surface area contributed by atoms with Gasteiger partial charge < -0.3 is 9.64 Å². The molecule has 1 aromatic heterocycles. The van der Waals surface area contributed by atoms with Crippen LogP contribution >= 0.6 is 11.6 Å². The predicted octanol–water partition coefficient (Wildman–Crippen LogP) is 1.11. The van der Waals surface area contributed by atoms with Gasteiger partial charge in [-0.2, -0.15) is 0 Å². The summed E-state index contributed by atoms with van der Waals surface area (Å²) in [4.78, 5) is 10.6. The number of halogens is 1. The van der Waals surface area contributed by atoms with Crippen LogP contribution in [0.4, 0.5) is 5.95 Å². The number of anilines is 1. The van der Waals surface area contributed by atoms with Gasteiger partial charge in [-0.1, -0.05) is 11.6 Å². The molecular weight excluding hydrogens is 202 g/mol. The first-order valence-corrected chi connectivity index (χ1v) is 5.06. The minimum atomic E-state index is 0.374. The summed E-state index contributed by atoms with van der Waals surface area (Å²) in [6.07, 6.45) is 4.75. The quantitative estimate of drug-likeness (QED) is 0.698. The zero-order chi connectivity index (χ0) is 9.54. The minimum Gasteiger partial charge on any atom is -0.374 e. The smallest absolute Gasteiger partial charge is 0.225 e. The van der Waals surface area contributed by atoms with Gasteiger partial charge in [0.25, 0.3) is 0 Å². The molecule has 1 aromatic rings. The Hall–Kier alpha value is -0.870. The Labute approximate surface area is 86.9 Å². The molecule has 2 aliphatic heterocycles. The van der Waals surface area contributed by atoms with Crippen molar-refractivity contribution in [2.24, 2.45) is 0 Å².